The van der Waals surface area contributed by atoms with E-state index in [1.807, 2.05) is 57.7 Å². The minimum Gasteiger partial charge on any atom is -0.491 e. The van der Waals surface area contributed by atoms with Crippen LogP contribution >= 0.6 is 0 Å². The maximum Gasteiger partial charge on any atom is 0.119 e. The molecule has 114 valence electrons. The Balaban J connectivity index is 1.73. The Morgan fingerprint density at radius 1 is 1.33 bits per heavy atom. The Bertz CT molecular complexity index is 551. The summed E-state index contributed by atoms with van der Waals surface area (Å²) in [5.41, 5.74) is 2.32. The summed E-state index contributed by atoms with van der Waals surface area (Å²) in [6.07, 6.45) is 3.30. The van der Waals surface area contributed by atoms with Gasteiger partial charge in [0.15, 0.2) is 0 Å². The second kappa shape index (κ2) is 7.24. The molecule has 5 heteroatoms. The normalized spacial score (nSPS) is 12.6. The summed E-state index contributed by atoms with van der Waals surface area (Å²) in [6.45, 7) is 3.64. The summed E-state index contributed by atoms with van der Waals surface area (Å²) < 4.78 is 7.36. The van der Waals surface area contributed by atoms with Crippen molar-refractivity contribution in [2.45, 2.75) is 19.6 Å². The van der Waals surface area contributed by atoms with Crippen molar-refractivity contribution < 1.29 is 9.84 Å². The van der Waals surface area contributed by atoms with Gasteiger partial charge in [0, 0.05) is 31.9 Å². The first-order chi connectivity index (χ1) is 10.0. The summed E-state index contributed by atoms with van der Waals surface area (Å²) in [6, 6.07) is 7.83. The van der Waals surface area contributed by atoms with Gasteiger partial charge < -0.3 is 9.84 Å². The lowest BCUT2D eigenvalue weighted by Crippen LogP contribution is -2.32. The van der Waals surface area contributed by atoms with Crippen LogP contribution in [0.4, 0.5) is 0 Å². The van der Waals surface area contributed by atoms with Crippen LogP contribution in [0.1, 0.15) is 11.1 Å². The number of aliphatic hydroxyl groups is 1. The van der Waals surface area contributed by atoms with E-state index in [1.165, 1.54) is 5.56 Å². The molecule has 0 bridgehead atoms. The van der Waals surface area contributed by atoms with Crippen molar-refractivity contribution >= 4 is 0 Å². The predicted octanol–water partition coefficient (Wildman–Crippen LogP) is 1.60. The van der Waals surface area contributed by atoms with Gasteiger partial charge in [-0.1, -0.05) is 17.7 Å². The fourth-order valence-corrected chi connectivity index (χ4v) is 2.17. The zero-order valence-electron chi connectivity index (χ0n) is 12.9. The molecule has 1 aromatic heterocycles. The lowest BCUT2D eigenvalue weighted by atomic mass is 10.2. The molecule has 1 heterocycles. The van der Waals surface area contributed by atoms with Crippen molar-refractivity contribution in [1.29, 1.82) is 0 Å². The van der Waals surface area contributed by atoms with Crippen LogP contribution < -0.4 is 4.74 Å². The van der Waals surface area contributed by atoms with Crippen molar-refractivity contribution in [1.82, 2.24) is 14.7 Å². The highest BCUT2D eigenvalue weighted by Gasteiger charge is 2.10. The molecule has 0 aliphatic rings. The molecular weight excluding hydrogens is 266 g/mol. The Kier molecular flexibility index (Phi) is 5.36. The standard InChI is InChI=1S/C16H23N3O2/c1-13-4-6-16(7-5-13)21-12-15(20)11-18(2)9-14-8-17-19(3)10-14/h4-8,10,15,20H,9,11-12H2,1-3H3. The highest BCUT2D eigenvalue weighted by molar-refractivity contribution is 5.26. The number of likely N-dealkylation sites (N-methyl/N-ethyl adjacent to an activating group) is 1. The molecule has 0 radical (unpaired) electrons. The van der Waals surface area contributed by atoms with Crippen molar-refractivity contribution in [3.8, 4) is 5.75 Å². The van der Waals surface area contributed by atoms with Crippen molar-refractivity contribution in [3.63, 3.8) is 0 Å². The van der Waals surface area contributed by atoms with Gasteiger partial charge in [-0.05, 0) is 26.1 Å². The van der Waals surface area contributed by atoms with Crippen LogP contribution in [0.3, 0.4) is 0 Å². The molecule has 1 atom stereocenters. The van der Waals surface area contributed by atoms with Gasteiger partial charge in [0.25, 0.3) is 0 Å². The van der Waals surface area contributed by atoms with Gasteiger partial charge in [0.1, 0.15) is 18.5 Å². The lowest BCUT2D eigenvalue weighted by molar-refractivity contribution is 0.0744. The number of hydrogen-bond donors (Lipinski definition) is 1. The van der Waals surface area contributed by atoms with Crippen LogP contribution in [0, 0.1) is 6.92 Å². The molecule has 0 amide bonds. The van der Waals surface area contributed by atoms with E-state index in [0.29, 0.717) is 13.2 Å². The van der Waals surface area contributed by atoms with E-state index in [1.54, 1.807) is 4.68 Å². The molecule has 21 heavy (non-hydrogen) atoms. The fourth-order valence-electron chi connectivity index (χ4n) is 2.17. The van der Waals surface area contributed by atoms with E-state index in [4.69, 9.17) is 4.74 Å². The van der Waals surface area contributed by atoms with Crippen LogP contribution in [0.25, 0.3) is 0 Å². The van der Waals surface area contributed by atoms with Gasteiger partial charge in [0.05, 0.1) is 6.20 Å². The second-order valence-corrected chi connectivity index (χ2v) is 5.50. The Morgan fingerprint density at radius 2 is 2.05 bits per heavy atom. The Morgan fingerprint density at radius 3 is 2.67 bits per heavy atom. The minimum atomic E-state index is -0.520. The highest BCUT2D eigenvalue weighted by atomic mass is 16.5. The first kappa shape index (κ1) is 15.5. The molecule has 0 aliphatic heterocycles. The first-order valence-corrected chi connectivity index (χ1v) is 7.06. The molecule has 0 aliphatic carbocycles. The molecule has 5 nitrogen and oxygen atoms in total. The number of rotatable bonds is 7. The van der Waals surface area contributed by atoms with Crippen molar-refractivity contribution in [2.75, 3.05) is 20.2 Å². The lowest BCUT2D eigenvalue weighted by Gasteiger charge is -2.20. The minimum absolute atomic E-state index is 0.292. The molecule has 0 saturated carbocycles. The Labute approximate surface area is 125 Å². The number of aromatic nitrogens is 2. The van der Waals surface area contributed by atoms with Gasteiger partial charge in [0.2, 0.25) is 0 Å². The second-order valence-electron chi connectivity index (χ2n) is 5.50. The average Bonchev–Trinajstić information content (AvgIpc) is 2.83. The van der Waals surface area contributed by atoms with Gasteiger partial charge in [-0.25, -0.2) is 0 Å². The number of aliphatic hydroxyl groups excluding tert-OH is 1. The van der Waals surface area contributed by atoms with Crippen LogP contribution in [0.5, 0.6) is 5.75 Å². The van der Waals surface area contributed by atoms with Gasteiger partial charge >= 0.3 is 0 Å². The largest absolute Gasteiger partial charge is 0.491 e. The van der Waals surface area contributed by atoms with Gasteiger partial charge in [-0.2, -0.15) is 5.10 Å². The van der Waals surface area contributed by atoms with E-state index >= 15 is 0 Å². The molecule has 1 unspecified atom stereocenters. The number of nitrogens with zero attached hydrogens (tertiary/aromatic N) is 3. The van der Waals surface area contributed by atoms with E-state index in [-0.39, 0.29) is 0 Å². The SMILES string of the molecule is Cc1ccc(OCC(O)CN(C)Cc2cnn(C)c2)cc1. The molecule has 2 rings (SSSR count). The van der Waals surface area contributed by atoms with Crippen LogP contribution in [-0.4, -0.2) is 46.1 Å². The average molecular weight is 289 g/mol. The molecule has 0 saturated heterocycles. The van der Waals surface area contributed by atoms with E-state index in [9.17, 15) is 5.11 Å². The van der Waals surface area contributed by atoms with Crippen LogP contribution in [-0.2, 0) is 13.6 Å². The molecule has 1 aromatic carbocycles. The summed E-state index contributed by atoms with van der Waals surface area (Å²) >= 11 is 0. The highest BCUT2D eigenvalue weighted by Crippen LogP contribution is 2.11. The van der Waals surface area contributed by atoms with E-state index in [0.717, 1.165) is 17.9 Å². The van der Waals surface area contributed by atoms with Crippen molar-refractivity contribution in [3.05, 3.63) is 47.8 Å². The third kappa shape index (κ3) is 5.21. The topological polar surface area (TPSA) is 50.5 Å². The smallest absolute Gasteiger partial charge is 0.119 e. The van der Waals surface area contributed by atoms with Crippen molar-refractivity contribution in [2.24, 2.45) is 7.05 Å². The van der Waals surface area contributed by atoms with Crippen LogP contribution in [0.15, 0.2) is 36.7 Å². The number of benzene rings is 1. The number of ether oxygens (including phenoxy) is 1. The summed E-state index contributed by atoms with van der Waals surface area (Å²) in [7, 11) is 3.87. The summed E-state index contributed by atoms with van der Waals surface area (Å²) in [4.78, 5) is 2.06. The third-order valence-corrected chi connectivity index (χ3v) is 3.20. The van der Waals surface area contributed by atoms with E-state index in [2.05, 4.69) is 10.00 Å². The fraction of sp³-hybridized carbons (Fsp3) is 0.438. The molecule has 0 spiro atoms. The zero-order chi connectivity index (χ0) is 15.2. The molecule has 1 N–H and O–H groups in total. The predicted molar refractivity (Wildman–Crippen MR) is 82.2 cm³/mol. The Hall–Kier alpha value is -1.85. The maximum absolute atomic E-state index is 10.0. The zero-order valence-corrected chi connectivity index (χ0v) is 12.9. The quantitative estimate of drug-likeness (QED) is 0.841. The molecule has 2 aromatic rings. The van der Waals surface area contributed by atoms with Gasteiger partial charge in [-0.15, -0.1) is 0 Å². The van der Waals surface area contributed by atoms with Crippen LogP contribution in [0.2, 0.25) is 0 Å². The molecular formula is C16H23N3O2. The number of hydrogen-bond acceptors (Lipinski definition) is 4. The summed E-state index contributed by atoms with van der Waals surface area (Å²) in [5, 5.41) is 14.2. The first-order valence-electron chi connectivity index (χ1n) is 7.06. The monoisotopic (exact) mass is 289 g/mol. The third-order valence-electron chi connectivity index (χ3n) is 3.20. The maximum atomic E-state index is 10.0. The number of aryl methyl sites for hydroxylation is 2. The van der Waals surface area contributed by atoms with E-state index < -0.39 is 6.10 Å². The molecule has 0 fully saturated rings. The summed E-state index contributed by atoms with van der Waals surface area (Å²) in [5.74, 6) is 0.787. The van der Waals surface area contributed by atoms with Gasteiger partial charge in [-0.3, -0.25) is 9.58 Å².